The van der Waals surface area contributed by atoms with Gasteiger partial charge in [0.25, 0.3) is 0 Å². The van der Waals surface area contributed by atoms with Crippen LogP contribution in [0.1, 0.15) is 5.56 Å². The second-order valence-corrected chi connectivity index (χ2v) is 8.83. The van der Waals surface area contributed by atoms with Crippen LogP contribution in [0.5, 0.6) is 5.75 Å². The number of rotatable bonds is 8. The molecule has 3 aromatic carbocycles. The molecule has 9 heteroatoms. The zero-order valence-electron chi connectivity index (χ0n) is 17.4. The average Bonchev–Trinajstić information content (AvgIpc) is 3.26. The van der Waals surface area contributed by atoms with Crippen molar-refractivity contribution in [3.05, 3.63) is 95.5 Å². The third-order valence-corrected chi connectivity index (χ3v) is 6.09. The largest absolute Gasteiger partial charge is 0.508 e. The van der Waals surface area contributed by atoms with Crippen molar-refractivity contribution in [3.63, 3.8) is 0 Å². The molecule has 4 aromatic rings. The van der Waals surface area contributed by atoms with Crippen molar-refractivity contribution in [1.82, 2.24) is 25.6 Å². The number of hydrogen-bond donors (Lipinski definition) is 3. The Balaban J connectivity index is 1.47. The van der Waals surface area contributed by atoms with Crippen LogP contribution in [0.3, 0.4) is 0 Å². The smallest absolute Gasteiger partial charge is 0.248 e. The molecule has 0 aliphatic heterocycles. The molecule has 0 bridgehead atoms. The number of benzene rings is 3. The maximum absolute atomic E-state index is 12.4. The van der Waals surface area contributed by atoms with Gasteiger partial charge in [0.05, 0.1) is 11.4 Å². The topological polar surface area (TPSA) is 92.1 Å². The van der Waals surface area contributed by atoms with Crippen LogP contribution in [-0.4, -0.2) is 31.5 Å². The summed E-state index contributed by atoms with van der Waals surface area (Å²) in [4.78, 5) is 12.4. The summed E-state index contributed by atoms with van der Waals surface area (Å²) in [5.41, 5.74) is 8.35. The second-order valence-electron chi connectivity index (χ2n) is 6.97. The van der Waals surface area contributed by atoms with E-state index >= 15 is 0 Å². The summed E-state index contributed by atoms with van der Waals surface area (Å²) >= 11 is 4.74. The maximum atomic E-state index is 12.4. The van der Waals surface area contributed by atoms with E-state index in [1.54, 1.807) is 24.3 Å². The molecule has 3 N–H and O–H groups in total. The number of hydrazine groups is 1. The van der Waals surface area contributed by atoms with Crippen LogP contribution in [0.15, 0.2) is 95.1 Å². The first-order valence-corrected chi connectivity index (χ1v) is 11.7. The fourth-order valence-electron chi connectivity index (χ4n) is 3.04. The molecule has 0 aliphatic carbocycles. The number of thioether (sulfide) groups is 1. The van der Waals surface area contributed by atoms with Gasteiger partial charge in [0.2, 0.25) is 5.91 Å². The van der Waals surface area contributed by atoms with Gasteiger partial charge in [-0.1, -0.05) is 76.7 Å². The van der Waals surface area contributed by atoms with Crippen LogP contribution in [0.2, 0.25) is 0 Å². The van der Waals surface area contributed by atoms with E-state index in [0.29, 0.717) is 22.2 Å². The van der Waals surface area contributed by atoms with Gasteiger partial charge in [0.15, 0.2) is 11.0 Å². The van der Waals surface area contributed by atoms with Crippen molar-refractivity contribution in [3.8, 4) is 22.8 Å². The van der Waals surface area contributed by atoms with Gasteiger partial charge in [-0.2, -0.15) is 0 Å². The third-order valence-electron chi connectivity index (χ3n) is 4.63. The highest BCUT2D eigenvalue weighted by atomic mass is 79.9. The predicted molar refractivity (Wildman–Crippen MR) is 134 cm³/mol. The minimum absolute atomic E-state index is 0.115. The summed E-state index contributed by atoms with van der Waals surface area (Å²) < 4.78 is 2.89. The fourth-order valence-corrected chi connectivity index (χ4v) is 4.05. The minimum Gasteiger partial charge on any atom is -0.508 e. The normalized spacial score (nSPS) is 10.6. The van der Waals surface area contributed by atoms with Crippen molar-refractivity contribution in [2.45, 2.75) is 5.16 Å². The van der Waals surface area contributed by atoms with Gasteiger partial charge in [-0.05, 0) is 36.4 Å². The number of carbonyl (C=O) groups excluding carboxylic acids is 1. The summed E-state index contributed by atoms with van der Waals surface area (Å²) in [5, 5.41) is 18.9. The molecule has 166 valence electrons. The van der Waals surface area contributed by atoms with Crippen molar-refractivity contribution < 1.29 is 9.90 Å². The molecule has 0 aliphatic rings. The Hall–Kier alpha value is -3.56. The highest BCUT2D eigenvalue weighted by Gasteiger charge is 2.17. The lowest BCUT2D eigenvalue weighted by Crippen LogP contribution is -2.37. The number of phenols is 1. The summed E-state index contributed by atoms with van der Waals surface area (Å²) in [7, 11) is 0. The average molecular weight is 522 g/mol. The molecule has 0 saturated carbocycles. The second kappa shape index (κ2) is 10.4. The third kappa shape index (κ3) is 5.63. The van der Waals surface area contributed by atoms with Crippen LogP contribution in [0.25, 0.3) is 22.8 Å². The van der Waals surface area contributed by atoms with E-state index in [1.807, 2.05) is 59.2 Å². The molecule has 1 amide bonds. The Kier molecular flexibility index (Phi) is 7.11. The molecule has 0 radical (unpaired) electrons. The highest BCUT2D eigenvalue weighted by molar-refractivity contribution is 9.10. The monoisotopic (exact) mass is 521 g/mol. The van der Waals surface area contributed by atoms with Crippen molar-refractivity contribution in [2.24, 2.45) is 0 Å². The fraction of sp³-hybridized carbons (Fsp3) is 0.0417. The summed E-state index contributed by atoms with van der Waals surface area (Å²) in [5.74, 6) is 0.673. The molecule has 0 fully saturated rings. The van der Waals surface area contributed by atoms with Gasteiger partial charge in [-0.15, -0.1) is 10.2 Å². The zero-order chi connectivity index (χ0) is 23.2. The number of nitrogens with one attached hydrogen (secondary N) is 2. The standard InChI is InChI=1S/C24H20BrN5O2S/c1-16(18-8-5-9-21(31)14-18)26-27-22(32)15-33-24-29-28-23(17-6-3-2-4-7-17)30(24)20-12-10-19(25)11-13-20/h2-14,26,31H,1,15H2,(H,27,32). The first-order chi connectivity index (χ1) is 16.0. The van der Waals surface area contributed by atoms with Gasteiger partial charge < -0.3 is 5.11 Å². The van der Waals surface area contributed by atoms with Crippen LogP contribution < -0.4 is 10.9 Å². The Morgan fingerprint density at radius 2 is 1.76 bits per heavy atom. The molecule has 4 rings (SSSR count). The Morgan fingerprint density at radius 3 is 2.48 bits per heavy atom. The molecule has 1 aromatic heterocycles. The molecular weight excluding hydrogens is 502 g/mol. The van der Waals surface area contributed by atoms with Gasteiger partial charge in [-0.3, -0.25) is 20.2 Å². The lowest BCUT2D eigenvalue weighted by molar-refractivity contribution is -0.119. The first-order valence-electron chi connectivity index (χ1n) is 9.94. The maximum Gasteiger partial charge on any atom is 0.248 e. The Bertz CT molecular complexity index is 1280. The number of nitrogens with zero attached hydrogens (tertiary/aromatic N) is 3. The number of aromatic nitrogens is 3. The van der Waals surface area contributed by atoms with E-state index in [1.165, 1.54) is 11.8 Å². The quantitative estimate of drug-likeness (QED) is 0.228. The number of hydrogen-bond acceptors (Lipinski definition) is 6. The van der Waals surface area contributed by atoms with Crippen LogP contribution in [0, 0.1) is 0 Å². The van der Waals surface area contributed by atoms with E-state index < -0.39 is 0 Å². The summed E-state index contributed by atoms with van der Waals surface area (Å²) in [6.07, 6.45) is 0. The molecule has 1 heterocycles. The van der Waals surface area contributed by atoms with Gasteiger partial charge in [0, 0.05) is 21.3 Å². The van der Waals surface area contributed by atoms with E-state index in [4.69, 9.17) is 0 Å². The number of phenolic OH excluding ortho intramolecular Hbond substituents is 1. The molecule has 7 nitrogen and oxygen atoms in total. The van der Waals surface area contributed by atoms with Crippen LogP contribution in [-0.2, 0) is 4.79 Å². The molecule has 33 heavy (non-hydrogen) atoms. The Labute approximate surface area is 203 Å². The molecule has 0 unspecified atom stereocenters. The summed E-state index contributed by atoms with van der Waals surface area (Å²) in [6, 6.07) is 24.2. The van der Waals surface area contributed by atoms with Crippen molar-refractivity contribution in [2.75, 3.05) is 5.75 Å². The number of amides is 1. The predicted octanol–water partition coefficient (Wildman–Crippen LogP) is 4.79. The van der Waals surface area contributed by atoms with Crippen LogP contribution >= 0.6 is 27.7 Å². The zero-order valence-corrected chi connectivity index (χ0v) is 19.8. The van der Waals surface area contributed by atoms with Crippen molar-refractivity contribution in [1.29, 1.82) is 0 Å². The highest BCUT2D eigenvalue weighted by Crippen LogP contribution is 2.28. The van der Waals surface area contributed by atoms with Gasteiger partial charge in [0.1, 0.15) is 5.75 Å². The summed E-state index contributed by atoms with van der Waals surface area (Å²) in [6.45, 7) is 3.88. The minimum atomic E-state index is -0.257. The number of aromatic hydroxyl groups is 1. The number of carbonyl (C=O) groups is 1. The Morgan fingerprint density at radius 1 is 1.00 bits per heavy atom. The molecule has 0 saturated heterocycles. The van der Waals surface area contributed by atoms with Gasteiger partial charge in [-0.25, -0.2) is 0 Å². The van der Waals surface area contributed by atoms with E-state index in [-0.39, 0.29) is 17.4 Å². The SMILES string of the molecule is C=C(NNC(=O)CSc1nnc(-c2ccccc2)n1-c1ccc(Br)cc1)c1cccc(O)c1. The van der Waals surface area contributed by atoms with E-state index in [0.717, 1.165) is 15.7 Å². The van der Waals surface area contributed by atoms with E-state index in [2.05, 4.69) is 43.6 Å². The number of halogens is 1. The van der Waals surface area contributed by atoms with Crippen molar-refractivity contribution >= 4 is 39.3 Å². The lowest BCUT2D eigenvalue weighted by atomic mass is 10.2. The van der Waals surface area contributed by atoms with Crippen LogP contribution in [0.4, 0.5) is 0 Å². The van der Waals surface area contributed by atoms with E-state index in [9.17, 15) is 9.90 Å². The first kappa shape index (κ1) is 22.6. The van der Waals surface area contributed by atoms with Gasteiger partial charge >= 0.3 is 0 Å². The molecule has 0 spiro atoms. The molecule has 0 atom stereocenters. The lowest BCUT2D eigenvalue weighted by Gasteiger charge is -2.12. The molecular formula is C24H20BrN5O2S.